The summed E-state index contributed by atoms with van der Waals surface area (Å²) in [5.41, 5.74) is 0.702. The summed E-state index contributed by atoms with van der Waals surface area (Å²) in [5, 5.41) is 0. The van der Waals surface area contributed by atoms with Gasteiger partial charge in [0.05, 0.1) is 6.61 Å². The van der Waals surface area contributed by atoms with Crippen molar-refractivity contribution in [3.63, 3.8) is 0 Å². The lowest BCUT2D eigenvalue weighted by Gasteiger charge is -2.11. The van der Waals surface area contributed by atoms with Crippen LogP contribution in [-0.2, 0) is 14.3 Å². The van der Waals surface area contributed by atoms with Crippen molar-refractivity contribution in [3.05, 3.63) is 35.9 Å². The molecule has 1 heterocycles. The molecule has 0 aliphatic carbocycles. The average Bonchev–Trinajstić information content (AvgIpc) is 2.73. The number of rotatable bonds is 3. The third kappa shape index (κ3) is 2.33. The van der Waals surface area contributed by atoms with Crippen molar-refractivity contribution >= 4 is 17.8 Å². The molecule has 0 spiro atoms. The van der Waals surface area contributed by atoms with Gasteiger partial charge in [-0.2, -0.15) is 4.99 Å². The Kier molecular flexibility index (Phi) is 3.18. The average molecular weight is 233 g/mol. The molecule has 17 heavy (non-hydrogen) atoms. The second-order valence-electron chi connectivity index (χ2n) is 3.39. The highest BCUT2D eigenvalue weighted by Gasteiger charge is 2.35. The van der Waals surface area contributed by atoms with Crippen molar-refractivity contribution < 1.29 is 19.1 Å². The van der Waals surface area contributed by atoms with Gasteiger partial charge < -0.3 is 9.47 Å². The summed E-state index contributed by atoms with van der Waals surface area (Å²) < 4.78 is 9.81. The van der Waals surface area contributed by atoms with E-state index in [9.17, 15) is 9.59 Å². The summed E-state index contributed by atoms with van der Waals surface area (Å²) >= 11 is 0. The molecule has 5 heteroatoms. The van der Waals surface area contributed by atoms with Gasteiger partial charge in [0.15, 0.2) is 11.8 Å². The van der Waals surface area contributed by atoms with Gasteiger partial charge in [-0.25, -0.2) is 9.59 Å². The summed E-state index contributed by atoms with van der Waals surface area (Å²) in [4.78, 5) is 26.3. The quantitative estimate of drug-likeness (QED) is 0.747. The Hall–Kier alpha value is -2.17. The van der Waals surface area contributed by atoms with Crippen LogP contribution in [0.4, 0.5) is 4.79 Å². The second kappa shape index (κ2) is 4.78. The standard InChI is InChI=1S/C12H11NO4/c1-2-16-11(14)9-10(17-12(15)13-9)8-6-4-3-5-7-8/h3-7,10H,2H2,1H3. The summed E-state index contributed by atoms with van der Waals surface area (Å²) in [6.07, 6.45) is -1.52. The molecule has 5 nitrogen and oxygen atoms in total. The molecular formula is C12H11NO4. The number of hydrogen-bond donors (Lipinski definition) is 0. The van der Waals surface area contributed by atoms with E-state index in [1.807, 2.05) is 6.07 Å². The van der Waals surface area contributed by atoms with Gasteiger partial charge in [-0.15, -0.1) is 0 Å². The van der Waals surface area contributed by atoms with E-state index in [1.54, 1.807) is 31.2 Å². The lowest BCUT2D eigenvalue weighted by atomic mass is 10.1. The van der Waals surface area contributed by atoms with Crippen LogP contribution in [0, 0.1) is 0 Å². The summed E-state index contributed by atoms with van der Waals surface area (Å²) in [6, 6.07) is 8.95. The molecule has 0 bridgehead atoms. The van der Waals surface area contributed by atoms with Gasteiger partial charge in [0.2, 0.25) is 0 Å². The Balaban J connectivity index is 2.27. The maximum Gasteiger partial charge on any atom is 0.435 e. The van der Waals surface area contributed by atoms with Crippen LogP contribution in [0.2, 0.25) is 0 Å². The van der Waals surface area contributed by atoms with Gasteiger partial charge in [0.1, 0.15) is 0 Å². The van der Waals surface area contributed by atoms with E-state index in [0.717, 1.165) is 0 Å². The number of esters is 1. The van der Waals surface area contributed by atoms with E-state index in [0.29, 0.717) is 5.56 Å². The van der Waals surface area contributed by atoms with Crippen LogP contribution in [0.3, 0.4) is 0 Å². The first-order valence-corrected chi connectivity index (χ1v) is 5.23. The van der Waals surface area contributed by atoms with E-state index in [4.69, 9.17) is 9.47 Å². The summed E-state index contributed by atoms with van der Waals surface area (Å²) in [7, 11) is 0. The third-order valence-electron chi connectivity index (χ3n) is 2.27. The lowest BCUT2D eigenvalue weighted by molar-refractivity contribution is -0.135. The molecule has 0 aromatic heterocycles. The van der Waals surface area contributed by atoms with Gasteiger partial charge >= 0.3 is 12.1 Å². The molecule has 1 aliphatic heterocycles. The Morgan fingerprint density at radius 2 is 2.12 bits per heavy atom. The largest absolute Gasteiger partial charge is 0.461 e. The molecule has 1 unspecified atom stereocenters. The van der Waals surface area contributed by atoms with Crippen molar-refractivity contribution in [1.29, 1.82) is 0 Å². The zero-order valence-corrected chi connectivity index (χ0v) is 9.25. The van der Waals surface area contributed by atoms with E-state index in [1.165, 1.54) is 0 Å². The van der Waals surface area contributed by atoms with Crippen LogP contribution in [0.5, 0.6) is 0 Å². The Morgan fingerprint density at radius 3 is 2.76 bits per heavy atom. The monoisotopic (exact) mass is 233 g/mol. The summed E-state index contributed by atoms with van der Waals surface area (Å²) in [6.45, 7) is 1.92. The minimum Gasteiger partial charge on any atom is -0.461 e. The van der Waals surface area contributed by atoms with Crippen molar-refractivity contribution in [2.75, 3.05) is 6.61 Å². The van der Waals surface area contributed by atoms with Gasteiger partial charge in [-0.05, 0) is 12.5 Å². The molecular weight excluding hydrogens is 222 g/mol. The molecule has 1 aromatic rings. The van der Waals surface area contributed by atoms with Crippen LogP contribution in [0.25, 0.3) is 0 Å². The molecule has 2 rings (SSSR count). The van der Waals surface area contributed by atoms with E-state index >= 15 is 0 Å². The number of cyclic esters (lactones) is 1. The highest BCUT2D eigenvalue weighted by Crippen LogP contribution is 2.25. The normalized spacial score (nSPS) is 18.5. The second-order valence-corrected chi connectivity index (χ2v) is 3.39. The molecule has 0 N–H and O–H groups in total. The fourth-order valence-electron chi connectivity index (χ4n) is 1.55. The van der Waals surface area contributed by atoms with E-state index in [-0.39, 0.29) is 12.3 Å². The minimum atomic E-state index is -0.762. The van der Waals surface area contributed by atoms with Crippen molar-refractivity contribution in [2.24, 2.45) is 4.99 Å². The molecule has 1 aliphatic rings. The van der Waals surface area contributed by atoms with E-state index in [2.05, 4.69) is 4.99 Å². The van der Waals surface area contributed by atoms with Crippen LogP contribution >= 0.6 is 0 Å². The van der Waals surface area contributed by atoms with Gasteiger partial charge in [-0.3, -0.25) is 0 Å². The summed E-state index contributed by atoms with van der Waals surface area (Å²) in [5.74, 6) is -0.618. The van der Waals surface area contributed by atoms with Gasteiger partial charge in [0, 0.05) is 0 Å². The lowest BCUT2D eigenvalue weighted by Crippen LogP contribution is -2.22. The maximum absolute atomic E-state index is 11.6. The molecule has 1 amide bonds. The highest BCUT2D eigenvalue weighted by molar-refractivity contribution is 6.41. The maximum atomic E-state index is 11.6. The molecule has 88 valence electrons. The Labute approximate surface area is 98.1 Å². The predicted molar refractivity (Wildman–Crippen MR) is 59.7 cm³/mol. The van der Waals surface area contributed by atoms with Gasteiger partial charge in [-0.1, -0.05) is 30.3 Å². The zero-order valence-electron chi connectivity index (χ0n) is 9.25. The Bertz CT molecular complexity index is 467. The minimum absolute atomic E-state index is 0.00282. The predicted octanol–water partition coefficient (Wildman–Crippen LogP) is 1.88. The van der Waals surface area contributed by atoms with Crippen LogP contribution in [0.1, 0.15) is 18.6 Å². The molecule has 0 saturated heterocycles. The van der Waals surface area contributed by atoms with Crippen LogP contribution in [0.15, 0.2) is 35.3 Å². The topological polar surface area (TPSA) is 65.0 Å². The third-order valence-corrected chi connectivity index (χ3v) is 2.27. The highest BCUT2D eigenvalue weighted by atomic mass is 16.6. The van der Waals surface area contributed by atoms with Crippen molar-refractivity contribution in [1.82, 2.24) is 0 Å². The molecule has 0 fully saturated rings. The smallest absolute Gasteiger partial charge is 0.435 e. The molecule has 0 radical (unpaired) electrons. The van der Waals surface area contributed by atoms with Crippen LogP contribution in [-0.4, -0.2) is 24.4 Å². The first-order chi connectivity index (χ1) is 8.22. The SMILES string of the molecule is CCOC(=O)C1=NC(=O)OC1c1ccccc1. The van der Waals surface area contributed by atoms with E-state index < -0.39 is 18.2 Å². The number of carbonyl (C=O) groups is 2. The fraction of sp³-hybridized carbons (Fsp3) is 0.250. The number of aliphatic imine (C=N–C) groups is 1. The molecule has 1 aromatic carbocycles. The molecule has 0 saturated carbocycles. The first kappa shape index (κ1) is 11.3. The Morgan fingerprint density at radius 1 is 1.41 bits per heavy atom. The fourth-order valence-corrected chi connectivity index (χ4v) is 1.55. The van der Waals surface area contributed by atoms with Crippen molar-refractivity contribution in [2.45, 2.75) is 13.0 Å². The number of nitrogens with zero attached hydrogens (tertiary/aromatic N) is 1. The van der Waals surface area contributed by atoms with Crippen LogP contribution < -0.4 is 0 Å². The number of amides is 1. The van der Waals surface area contributed by atoms with Gasteiger partial charge in [0.25, 0.3) is 0 Å². The zero-order chi connectivity index (χ0) is 12.3. The van der Waals surface area contributed by atoms with Crippen molar-refractivity contribution in [3.8, 4) is 0 Å². The first-order valence-electron chi connectivity index (χ1n) is 5.23. The molecule has 1 atom stereocenters. The number of ether oxygens (including phenoxy) is 2. The number of benzene rings is 1. The number of hydrogen-bond acceptors (Lipinski definition) is 4. The number of carbonyl (C=O) groups excluding carboxylic acids is 2.